The monoisotopic (exact) mass is 557 g/mol. The van der Waals surface area contributed by atoms with E-state index in [9.17, 15) is 9.59 Å². The normalized spacial score (nSPS) is 27.0. The van der Waals surface area contributed by atoms with Gasteiger partial charge in [-0.15, -0.1) is 0 Å². The number of nitrogens with two attached hydrogens (primary N) is 1. The second kappa shape index (κ2) is 10.4. The molecule has 0 radical (unpaired) electrons. The van der Waals surface area contributed by atoms with Gasteiger partial charge in [-0.25, -0.2) is 0 Å². The molecule has 0 saturated heterocycles. The van der Waals surface area contributed by atoms with Crippen LogP contribution in [0.3, 0.4) is 0 Å². The Bertz CT molecular complexity index is 1280. The average Bonchev–Trinajstić information content (AvgIpc) is 3.46. The van der Waals surface area contributed by atoms with Crippen molar-refractivity contribution in [1.29, 1.82) is 0 Å². The zero-order valence-corrected chi connectivity index (χ0v) is 23.3. The van der Waals surface area contributed by atoms with E-state index >= 15 is 0 Å². The minimum absolute atomic E-state index is 0.106. The summed E-state index contributed by atoms with van der Waals surface area (Å²) in [4.78, 5) is 33.5. The number of nitrogens with one attached hydrogen (secondary N) is 1. The van der Waals surface area contributed by atoms with Gasteiger partial charge in [-0.1, -0.05) is 61.2 Å². The van der Waals surface area contributed by atoms with Crippen molar-refractivity contribution in [2.75, 3.05) is 6.54 Å². The van der Waals surface area contributed by atoms with Crippen LogP contribution < -0.4 is 10.9 Å². The van der Waals surface area contributed by atoms with Crippen LogP contribution in [-0.4, -0.2) is 40.6 Å². The molecule has 9 nitrogen and oxygen atoms in total. The average molecular weight is 559 g/mol. The number of carbonyl (C=O) groups excluding carboxylic acids is 2. The van der Waals surface area contributed by atoms with Gasteiger partial charge in [0.15, 0.2) is 11.6 Å². The Morgan fingerprint density at radius 2 is 2.03 bits per heavy atom. The van der Waals surface area contributed by atoms with E-state index in [1.54, 1.807) is 18.2 Å². The lowest BCUT2D eigenvalue weighted by Gasteiger charge is -2.45. The summed E-state index contributed by atoms with van der Waals surface area (Å²) in [6.07, 6.45) is 9.96. The van der Waals surface area contributed by atoms with Gasteiger partial charge in [-0.05, 0) is 60.2 Å². The lowest BCUT2D eigenvalue weighted by atomic mass is 9.69. The van der Waals surface area contributed by atoms with E-state index in [0.29, 0.717) is 40.2 Å². The van der Waals surface area contributed by atoms with E-state index in [-0.39, 0.29) is 29.1 Å². The Hall–Kier alpha value is -2.88. The Kier molecular flexibility index (Phi) is 7.28. The van der Waals surface area contributed by atoms with Crippen LogP contribution in [0.2, 0.25) is 10.0 Å². The van der Waals surface area contributed by atoms with Gasteiger partial charge in [-0.3, -0.25) is 19.9 Å². The predicted octanol–water partition coefficient (Wildman–Crippen LogP) is 3.43. The number of quaternary nitrogens is 1. The summed E-state index contributed by atoms with van der Waals surface area (Å²) in [6.45, 7) is 7.27. The minimum atomic E-state index is -0.594. The maximum absolute atomic E-state index is 13.9. The fourth-order valence-corrected chi connectivity index (χ4v) is 6.23. The van der Waals surface area contributed by atoms with Crippen LogP contribution in [0.25, 0.3) is 0 Å². The second-order valence-corrected chi connectivity index (χ2v) is 12.3. The molecular weight excluding hydrogens is 525 g/mol. The highest BCUT2D eigenvalue weighted by Crippen LogP contribution is 2.47. The van der Waals surface area contributed by atoms with E-state index in [2.05, 4.69) is 41.5 Å². The van der Waals surface area contributed by atoms with E-state index in [1.807, 2.05) is 23.1 Å². The highest BCUT2D eigenvalue weighted by atomic mass is 35.5. The molecule has 3 N–H and O–H groups in total. The molecule has 0 aromatic heterocycles. The van der Waals surface area contributed by atoms with Crippen molar-refractivity contribution in [2.45, 2.75) is 58.5 Å². The van der Waals surface area contributed by atoms with E-state index in [4.69, 9.17) is 28.2 Å². The molecule has 2 aliphatic carbocycles. The van der Waals surface area contributed by atoms with Gasteiger partial charge >= 0.3 is 5.96 Å². The van der Waals surface area contributed by atoms with Crippen molar-refractivity contribution in [3.63, 3.8) is 0 Å². The summed E-state index contributed by atoms with van der Waals surface area (Å²) >= 11 is 11.7. The van der Waals surface area contributed by atoms with Gasteiger partial charge in [0.1, 0.15) is 11.4 Å². The first-order valence-corrected chi connectivity index (χ1v) is 13.7. The van der Waals surface area contributed by atoms with Gasteiger partial charge in [0, 0.05) is 29.3 Å². The van der Waals surface area contributed by atoms with Gasteiger partial charge < -0.3 is 4.90 Å². The molecular formula is C27H33Cl2N7O2+2. The number of rotatable bonds is 4. The zero-order chi connectivity index (χ0) is 27.1. The molecule has 1 spiro atoms. The third kappa shape index (κ3) is 5.46. The molecule has 2 aliphatic heterocycles. The van der Waals surface area contributed by atoms with Gasteiger partial charge in [0.25, 0.3) is 5.91 Å². The van der Waals surface area contributed by atoms with Crippen LogP contribution >= 0.6 is 11.6 Å². The number of allylic oxidation sites excluding steroid dienone is 1. The molecule has 1 fully saturated rings. The van der Waals surface area contributed by atoms with Crippen LogP contribution in [-0.2, 0) is 9.59 Å². The summed E-state index contributed by atoms with van der Waals surface area (Å²) in [5, 5.41) is 15.0. The first-order valence-electron chi connectivity index (χ1n) is 12.9. The lowest BCUT2D eigenvalue weighted by Crippen LogP contribution is -2.69. The number of hydrogen-bond acceptors (Lipinski definition) is 6. The van der Waals surface area contributed by atoms with Crippen molar-refractivity contribution in [1.82, 2.24) is 10.2 Å². The number of benzene rings is 1. The molecule has 0 bridgehead atoms. The molecule has 1 aromatic carbocycles. The van der Waals surface area contributed by atoms with Gasteiger partial charge in [0.05, 0.1) is 11.1 Å². The summed E-state index contributed by atoms with van der Waals surface area (Å²) in [5.74, 6) is 0.133. The standard InChI is InChI=1S/C27H31Cl2N7O2/c1-26(2,3)19-8-10-27(11-9-19)31-22(18-12-20(28)14-21(29)13-18)24(38)36(27)15-16-4-6-17(7-5-16)23(37)30-25-32-34-35-33-25/h4-6,12-14,17,19,28H,7-11,15H2,1-3H3,(H-,30,31,32,33,34,35,37,38)/p+2. The lowest BCUT2D eigenvalue weighted by molar-refractivity contribution is -0.668. The molecule has 38 heavy (non-hydrogen) atoms. The van der Waals surface area contributed by atoms with Crippen molar-refractivity contribution in [2.24, 2.45) is 37.7 Å². The second-order valence-electron chi connectivity index (χ2n) is 11.4. The zero-order valence-electron chi connectivity index (χ0n) is 21.8. The number of carbonyl (C=O) groups is 2. The van der Waals surface area contributed by atoms with Crippen LogP contribution in [0.15, 0.2) is 62.4 Å². The molecule has 4 aliphatic rings. The van der Waals surface area contributed by atoms with Gasteiger partial charge in [-0.2, -0.15) is 0 Å². The summed E-state index contributed by atoms with van der Waals surface area (Å²) in [6, 6.07) is 5.26. The molecule has 1 atom stereocenters. The molecule has 200 valence electrons. The van der Waals surface area contributed by atoms with Crippen molar-refractivity contribution in [3.05, 3.63) is 57.6 Å². The largest absolute Gasteiger partial charge is 0.309 e. The van der Waals surface area contributed by atoms with Crippen molar-refractivity contribution in [3.8, 4) is 0 Å². The molecule has 11 heteroatoms. The Morgan fingerprint density at radius 3 is 2.63 bits per heavy atom. The number of aliphatic imine (C=N–C) groups is 1. The number of amides is 2. The minimum Gasteiger partial charge on any atom is -0.308 e. The number of halogens is 2. The maximum Gasteiger partial charge on any atom is 0.309 e. The fourth-order valence-electron chi connectivity index (χ4n) is 5.67. The summed E-state index contributed by atoms with van der Waals surface area (Å²) in [5.41, 5.74) is 2.98. The molecule has 1 saturated carbocycles. The highest BCUT2D eigenvalue weighted by Gasteiger charge is 2.50. The SMILES string of the molecule is CC(C)(C)C1CCC2(CC1)N=C(c1cc(Cl)cc([ClH+])c1)C(=O)N2CC1=CCC(C(=O)NC2=N[NH2+]N=N2)C=C1. The Labute approximate surface area is 232 Å². The maximum atomic E-state index is 13.9. The van der Waals surface area contributed by atoms with Crippen LogP contribution in [0.4, 0.5) is 0 Å². The third-order valence-corrected chi connectivity index (χ3v) is 8.35. The molecule has 5 rings (SSSR count). The third-order valence-electron chi connectivity index (χ3n) is 7.90. The van der Waals surface area contributed by atoms with Crippen LogP contribution in [0.5, 0.6) is 0 Å². The van der Waals surface area contributed by atoms with Crippen LogP contribution in [0, 0.1) is 28.9 Å². The number of guanidine groups is 1. The molecule has 2 heterocycles. The topological polar surface area (TPSA) is 115 Å². The van der Waals surface area contributed by atoms with Gasteiger partial charge in [0.2, 0.25) is 10.9 Å². The number of nitrogens with zero attached hydrogens (tertiary/aromatic N) is 5. The quantitative estimate of drug-likeness (QED) is 0.552. The summed E-state index contributed by atoms with van der Waals surface area (Å²) < 4.78 is 0. The van der Waals surface area contributed by atoms with Crippen molar-refractivity contribution >= 4 is 35.1 Å². The molecule has 1 aromatic rings. The van der Waals surface area contributed by atoms with Crippen molar-refractivity contribution < 1.29 is 26.7 Å². The molecule has 1 unspecified atom stereocenters. The summed E-state index contributed by atoms with van der Waals surface area (Å²) in [7, 11) is 0. The highest BCUT2D eigenvalue weighted by molar-refractivity contribution is 6.47. The van der Waals surface area contributed by atoms with Crippen LogP contribution in [0.1, 0.15) is 58.4 Å². The Balaban J connectivity index is 1.36. The van der Waals surface area contributed by atoms with E-state index < -0.39 is 5.66 Å². The first kappa shape index (κ1) is 26.7. The molecule has 2 amide bonds. The van der Waals surface area contributed by atoms with E-state index in [1.165, 1.54) is 5.53 Å². The fraction of sp³-hybridized carbons (Fsp3) is 0.481. The first-order chi connectivity index (χ1) is 18.0. The van der Waals surface area contributed by atoms with E-state index in [0.717, 1.165) is 31.3 Å². The number of hydrogen-bond donors (Lipinski definition) is 2. The predicted molar refractivity (Wildman–Crippen MR) is 142 cm³/mol. The Morgan fingerprint density at radius 1 is 1.26 bits per heavy atom. The smallest absolute Gasteiger partial charge is 0.308 e.